The van der Waals surface area contributed by atoms with E-state index < -0.39 is 11.4 Å². The first kappa shape index (κ1) is 15.6. The van der Waals surface area contributed by atoms with E-state index in [-0.39, 0.29) is 17.7 Å². The van der Waals surface area contributed by atoms with E-state index in [4.69, 9.17) is 0 Å². The fraction of sp³-hybridized carbons (Fsp3) is 0.750. The van der Waals surface area contributed by atoms with Gasteiger partial charge in [0.1, 0.15) is 18.1 Å². The van der Waals surface area contributed by atoms with Crippen LogP contribution in [0.4, 0.5) is 0 Å². The van der Waals surface area contributed by atoms with Crippen molar-refractivity contribution in [1.82, 2.24) is 24.6 Å². The first-order valence-corrected chi connectivity index (χ1v) is 8.65. The summed E-state index contributed by atoms with van der Waals surface area (Å²) in [6, 6.07) is 0. The fourth-order valence-corrected chi connectivity index (χ4v) is 4.32. The van der Waals surface area contributed by atoms with E-state index in [1.807, 2.05) is 9.47 Å². The number of hydrogen-bond donors (Lipinski definition) is 1. The van der Waals surface area contributed by atoms with Crippen LogP contribution in [0.2, 0.25) is 0 Å². The Hall–Kier alpha value is -1.96. The van der Waals surface area contributed by atoms with Crippen molar-refractivity contribution in [2.24, 2.45) is 17.3 Å². The molecule has 1 saturated carbocycles. The third-order valence-electron chi connectivity index (χ3n) is 6.01. The Balaban J connectivity index is 1.41. The number of carbonyl (C=O) groups excluding carboxylic acids is 1. The lowest BCUT2D eigenvalue weighted by molar-refractivity contribution is -0.149. The molecule has 3 aliphatic rings. The van der Waals surface area contributed by atoms with Gasteiger partial charge in [-0.3, -0.25) is 14.5 Å². The molecule has 130 valence electrons. The topological polar surface area (TPSA) is 91.6 Å². The molecule has 24 heavy (non-hydrogen) atoms. The summed E-state index contributed by atoms with van der Waals surface area (Å²) in [4.78, 5) is 28.5. The largest absolute Gasteiger partial charge is 0.481 e. The molecule has 2 aliphatic heterocycles. The summed E-state index contributed by atoms with van der Waals surface area (Å²) in [6.45, 7) is 3.74. The van der Waals surface area contributed by atoms with Crippen molar-refractivity contribution in [3.05, 3.63) is 12.7 Å². The molecule has 4 rings (SSSR count). The molecule has 8 heteroatoms. The van der Waals surface area contributed by atoms with Gasteiger partial charge < -0.3 is 14.6 Å². The van der Waals surface area contributed by atoms with E-state index in [1.165, 1.54) is 0 Å². The maximum absolute atomic E-state index is 12.5. The number of nitrogens with zero attached hydrogens (tertiary/aromatic N) is 5. The van der Waals surface area contributed by atoms with Gasteiger partial charge in [-0.1, -0.05) is 6.42 Å². The van der Waals surface area contributed by atoms with Crippen LogP contribution in [0.3, 0.4) is 0 Å². The standard InChI is InChI=1S/C16H23N5O3/c22-14(12-2-1-3-12)21-7-13-6-19(4-5-20-10-17-18-11-20)8-16(13,9-21)15(23)24/h10-13H,1-9H2,(H,23,24)/t13-,16-/m0/s1. The van der Waals surface area contributed by atoms with Crippen LogP contribution in [-0.4, -0.2) is 74.3 Å². The number of fused-ring (bicyclic) bond motifs is 1. The monoisotopic (exact) mass is 333 g/mol. The molecular weight excluding hydrogens is 310 g/mol. The lowest BCUT2D eigenvalue weighted by Crippen LogP contribution is -2.44. The number of aliphatic carboxylic acids is 1. The van der Waals surface area contributed by atoms with Gasteiger partial charge in [0, 0.05) is 51.1 Å². The molecule has 0 aromatic carbocycles. The highest BCUT2D eigenvalue weighted by molar-refractivity contribution is 5.83. The number of amides is 1. The van der Waals surface area contributed by atoms with Gasteiger partial charge >= 0.3 is 5.97 Å². The maximum Gasteiger partial charge on any atom is 0.313 e. The molecule has 1 aliphatic carbocycles. The van der Waals surface area contributed by atoms with E-state index in [0.29, 0.717) is 19.6 Å². The van der Waals surface area contributed by atoms with Crippen molar-refractivity contribution in [1.29, 1.82) is 0 Å². The maximum atomic E-state index is 12.5. The van der Waals surface area contributed by atoms with Crippen molar-refractivity contribution in [3.63, 3.8) is 0 Å². The van der Waals surface area contributed by atoms with Crippen molar-refractivity contribution in [3.8, 4) is 0 Å². The summed E-state index contributed by atoms with van der Waals surface area (Å²) in [5.41, 5.74) is -0.799. The molecule has 1 aromatic rings. The molecule has 2 saturated heterocycles. The fourth-order valence-electron chi connectivity index (χ4n) is 4.32. The van der Waals surface area contributed by atoms with Crippen molar-refractivity contribution < 1.29 is 14.7 Å². The number of likely N-dealkylation sites (tertiary alicyclic amines) is 2. The van der Waals surface area contributed by atoms with Crippen LogP contribution in [0.1, 0.15) is 19.3 Å². The van der Waals surface area contributed by atoms with Crippen LogP contribution >= 0.6 is 0 Å². The Bertz CT molecular complexity index is 630. The molecule has 2 atom stereocenters. The summed E-state index contributed by atoms with van der Waals surface area (Å²) in [7, 11) is 0. The molecule has 0 unspecified atom stereocenters. The number of hydrogen-bond acceptors (Lipinski definition) is 5. The predicted molar refractivity (Wildman–Crippen MR) is 83.9 cm³/mol. The van der Waals surface area contributed by atoms with Crippen LogP contribution in [0.15, 0.2) is 12.7 Å². The Morgan fingerprint density at radius 3 is 2.46 bits per heavy atom. The highest BCUT2D eigenvalue weighted by Gasteiger charge is 2.58. The molecule has 8 nitrogen and oxygen atoms in total. The Morgan fingerprint density at radius 1 is 1.12 bits per heavy atom. The number of carboxylic acids is 1. The average molecular weight is 333 g/mol. The van der Waals surface area contributed by atoms with Crippen LogP contribution in [0.5, 0.6) is 0 Å². The average Bonchev–Trinajstić information content (AvgIpc) is 3.17. The van der Waals surface area contributed by atoms with Gasteiger partial charge in [-0.25, -0.2) is 0 Å². The molecule has 3 fully saturated rings. The van der Waals surface area contributed by atoms with E-state index in [2.05, 4.69) is 15.1 Å². The normalized spacial score (nSPS) is 30.3. The third kappa shape index (κ3) is 2.49. The zero-order valence-corrected chi connectivity index (χ0v) is 13.7. The van der Waals surface area contributed by atoms with Gasteiger partial charge in [0.25, 0.3) is 0 Å². The van der Waals surface area contributed by atoms with Gasteiger partial charge in [0.2, 0.25) is 5.91 Å². The minimum absolute atomic E-state index is 0.0277. The molecule has 1 aromatic heterocycles. The van der Waals surface area contributed by atoms with Crippen LogP contribution in [0.25, 0.3) is 0 Å². The highest BCUT2D eigenvalue weighted by atomic mass is 16.4. The van der Waals surface area contributed by atoms with E-state index >= 15 is 0 Å². The SMILES string of the molecule is O=C(C1CCC1)N1C[C@@H]2CN(CCn3cnnc3)C[C@]2(C(=O)O)C1. The smallest absolute Gasteiger partial charge is 0.313 e. The van der Waals surface area contributed by atoms with E-state index in [9.17, 15) is 14.7 Å². The van der Waals surface area contributed by atoms with Gasteiger partial charge in [-0.15, -0.1) is 10.2 Å². The molecule has 0 bridgehead atoms. The van der Waals surface area contributed by atoms with Gasteiger partial charge in [0.05, 0.1) is 0 Å². The van der Waals surface area contributed by atoms with Crippen molar-refractivity contribution in [2.45, 2.75) is 25.8 Å². The summed E-state index contributed by atoms with van der Waals surface area (Å²) >= 11 is 0. The summed E-state index contributed by atoms with van der Waals surface area (Å²) < 4.78 is 1.90. The van der Waals surface area contributed by atoms with Crippen LogP contribution in [-0.2, 0) is 16.1 Å². The van der Waals surface area contributed by atoms with Crippen LogP contribution < -0.4 is 0 Å². The molecule has 1 amide bonds. The molecule has 0 spiro atoms. The lowest BCUT2D eigenvalue weighted by Gasteiger charge is -2.31. The number of aromatic nitrogens is 3. The minimum Gasteiger partial charge on any atom is -0.481 e. The summed E-state index contributed by atoms with van der Waals surface area (Å²) in [6.07, 6.45) is 6.39. The second kappa shape index (κ2) is 5.84. The molecule has 0 radical (unpaired) electrons. The Labute approximate surface area is 140 Å². The van der Waals surface area contributed by atoms with E-state index in [1.54, 1.807) is 12.7 Å². The lowest BCUT2D eigenvalue weighted by atomic mass is 9.81. The quantitative estimate of drug-likeness (QED) is 0.811. The van der Waals surface area contributed by atoms with Gasteiger partial charge in [-0.2, -0.15) is 0 Å². The minimum atomic E-state index is -0.799. The summed E-state index contributed by atoms with van der Waals surface area (Å²) in [5, 5.41) is 17.4. The second-order valence-electron chi connectivity index (χ2n) is 7.44. The molecule has 1 N–H and O–H groups in total. The van der Waals surface area contributed by atoms with Gasteiger partial charge in [0.15, 0.2) is 0 Å². The number of carbonyl (C=O) groups is 2. The predicted octanol–water partition coefficient (Wildman–Crippen LogP) is -0.0768. The summed E-state index contributed by atoms with van der Waals surface area (Å²) in [5.74, 6) is -0.421. The van der Waals surface area contributed by atoms with E-state index in [0.717, 1.165) is 38.9 Å². The van der Waals surface area contributed by atoms with Crippen molar-refractivity contribution >= 4 is 11.9 Å². The molecular formula is C16H23N5O3. The number of carboxylic acid groups (broad SMARTS) is 1. The van der Waals surface area contributed by atoms with Gasteiger partial charge in [-0.05, 0) is 12.8 Å². The Kier molecular flexibility index (Phi) is 3.79. The Morgan fingerprint density at radius 2 is 1.88 bits per heavy atom. The molecule has 3 heterocycles. The third-order valence-corrected chi connectivity index (χ3v) is 6.01. The first-order valence-electron chi connectivity index (χ1n) is 8.65. The first-order chi connectivity index (χ1) is 11.6. The zero-order chi connectivity index (χ0) is 16.7. The zero-order valence-electron chi connectivity index (χ0n) is 13.7. The second-order valence-corrected chi connectivity index (χ2v) is 7.44. The van der Waals surface area contributed by atoms with Crippen LogP contribution in [0, 0.1) is 17.3 Å². The highest BCUT2D eigenvalue weighted by Crippen LogP contribution is 2.44. The van der Waals surface area contributed by atoms with Crippen molar-refractivity contribution in [2.75, 3.05) is 32.7 Å². The number of rotatable bonds is 5.